The molecule has 35 heavy (non-hydrogen) atoms. The summed E-state index contributed by atoms with van der Waals surface area (Å²) in [6.45, 7) is 5.29. The largest absolute Gasteiger partial charge is 0.462 e. The van der Waals surface area contributed by atoms with Crippen LogP contribution in [0.5, 0.6) is 0 Å². The van der Waals surface area contributed by atoms with Crippen molar-refractivity contribution in [1.29, 1.82) is 0 Å². The highest BCUT2D eigenvalue weighted by Gasteiger charge is 2.27. The van der Waals surface area contributed by atoms with Gasteiger partial charge in [-0.05, 0) is 38.5 Å². The number of rotatable bonds is 9. The number of benzene rings is 1. The average Bonchev–Trinajstić information content (AvgIpc) is 3.30. The second-order valence-electron chi connectivity index (χ2n) is 7.16. The molecule has 9 nitrogen and oxygen atoms in total. The second-order valence-corrected chi connectivity index (χ2v) is 10.2. The van der Waals surface area contributed by atoms with E-state index in [4.69, 9.17) is 9.47 Å². The Morgan fingerprint density at radius 2 is 1.71 bits per heavy atom. The molecule has 12 heteroatoms. The summed E-state index contributed by atoms with van der Waals surface area (Å²) < 4.78 is 13.0. The maximum absolute atomic E-state index is 12.5. The SMILES string of the molecule is CCOC(=O)c1sc(NC(=O)CSCC(=O)N=c2sc3ccccc3n2C)c(C(=O)OCC)c1C. The number of thiophene rings is 1. The number of carbonyl (C=O) groups excluding carboxylic acids is 4. The van der Waals surface area contributed by atoms with E-state index in [1.165, 1.54) is 11.3 Å². The fraction of sp³-hybridized carbons (Fsp3) is 0.348. The number of hydrogen-bond donors (Lipinski definition) is 1. The smallest absolute Gasteiger partial charge is 0.348 e. The summed E-state index contributed by atoms with van der Waals surface area (Å²) >= 11 is 3.48. The van der Waals surface area contributed by atoms with Gasteiger partial charge in [0.05, 0.1) is 40.5 Å². The van der Waals surface area contributed by atoms with E-state index in [0.29, 0.717) is 10.4 Å². The summed E-state index contributed by atoms with van der Waals surface area (Å²) in [5.41, 5.74) is 1.50. The van der Waals surface area contributed by atoms with Gasteiger partial charge >= 0.3 is 11.9 Å². The molecule has 0 fully saturated rings. The lowest BCUT2D eigenvalue weighted by molar-refractivity contribution is -0.115. The number of hydrogen-bond acceptors (Lipinski definition) is 9. The Bertz CT molecular complexity index is 1340. The molecular weight excluding hydrogens is 510 g/mol. The van der Waals surface area contributed by atoms with Crippen molar-refractivity contribution in [2.24, 2.45) is 12.0 Å². The van der Waals surface area contributed by atoms with E-state index in [2.05, 4.69) is 10.3 Å². The number of nitrogens with one attached hydrogen (secondary N) is 1. The van der Waals surface area contributed by atoms with Gasteiger partial charge in [0.2, 0.25) is 5.91 Å². The molecule has 3 rings (SSSR count). The predicted molar refractivity (Wildman–Crippen MR) is 138 cm³/mol. The van der Waals surface area contributed by atoms with Crippen LogP contribution < -0.4 is 10.1 Å². The topological polar surface area (TPSA) is 116 Å². The number of amides is 2. The monoisotopic (exact) mass is 535 g/mol. The molecule has 1 aromatic carbocycles. The zero-order chi connectivity index (χ0) is 25.5. The maximum Gasteiger partial charge on any atom is 0.348 e. The van der Waals surface area contributed by atoms with Crippen LogP contribution in [-0.4, -0.2) is 53.0 Å². The number of aromatic nitrogens is 1. The minimum atomic E-state index is -0.634. The van der Waals surface area contributed by atoms with Gasteiger partial charge in [-0.15, -0.1) is 23.1 Å². The Labute approximate surface area is 214 Å². The Kier molecular flexibility index (Phi) is 9.24. The Morgan fingerprint density at radius 3 is 2.40 bits per heavy atom. The molecule has 3 aromatic rings. The normalized spacial score (nSPS) is 11.5. The van der Waals surface area contributed by atoms with Crippen LogP contribution in [0.25, 0.3) is 10.2 Å². The van der Waals surface area contributed by atoms with Gasteiger partial charge in [0, 0.05) is 7.05 Å². The first kappa shape index (κ1) is 26.6. The average molecular weight is 536 g/mol. The van der Waals surface area contributed by atoms with E-state index in [-0.39, 0.29) is 46.1 Å². The van der Waals surface area contributed by atoms with Crippen molar-refractivity contribution in [3.8, 4) is 0 Å². The number of thioether (sulfide) groups is 1. The minimum absolute atomic E-state index is 0.0178. The van der Waals surface area contributed by atoms with Crippen LogP contribution in [0, 0.1) is 6.92 Å². The lowest BCUT2D eigenvalue weighted by atomic mass is 10.1. The molecule has 0 aliphatic rings. The second kappa shape index (κ2) is 12.1. The first-order valence-corrected chi connectivity index (χ1v) is 13.5. The molecule has 0 aliphatic carbocycles. The lowest BCUT2D eigenvalue weighted by Gasteiger charge is -2.06. The van der Waals surface area contributed by atoms with E-state index in [9.17, 15) is 19.2 Å². The number of anilines is 1. The van der Waals surface area contributed by atoms with Crippen molar-refractivity contribution in [1.82, 2.24) is 4.57 Å². The van der Waals surface area contributed by atoms with Crippen molar-refractivity contribution in [3.63, 3.8) is 0 Å². The first-order valence-electron chi connectivity index (χ1n) is 10.7. The Hall–Kier alpha value is -2.96. The fourth-order valence-electron chi connectivity index (χ4n) is 3.16. The summed E-state index contributed by atoms with van der Waals surface area (Å²) in [5.74, 6) is -1.99. The highest BCUT2D eigenvalue weighted by molar-refractivity contribution is 8.00. The third kappa shape index (κ3) is 6.38. The molecule has 0 saturated heterocycles. The van der Waals surface area contributed by atoms with Gasteiger partial charge in [0.25, 0.3) is 5.91 Å². The fourth-order valence-corrected chi connectivity index (χ4v) is 5.90. The number of carbonyl (C=O) groups is 4. The minimum Gasteiger partial charge on any atom is -0.462 e. The number of ether oxygens (including phenoxy) is 2. The van der Waals surface area contributed by atoms with Crippen LogP contribution in [0.1, 0.15) is 39.4 Å². The summed E-state index contributed by atoms with van der Waals surface area (Å²) in [5, 5.41) is 2.88. The number of aryl methyl sites for hydroxylation is 1. The maximum atomic E-state index is 12.5. The highest BCUT2D eigenvalue weighted by Crippen LogP contribution is 2.34. The van der Waals surface area contributed by atoms with Crippen LogP contribution in [-0.2, 0) is 26.1 Å². The third-order valence-electron chi connectivity index (χ3n) is 4.73. The van der Waals surface area contributed by atoms with Crippen LogP contribution in [0.15, 0.2) is 29.3 Å². The van der Waals surface area contributed by atoms with Gasteiger partial charge < -0.3 is 19.4 Å². The predicted octanol–water partition coefficient (Wildman–Crippen LogP) is 3.76. The van der Waals surface area contributed by atoms with E-state index < -0.39 is 17.8 Å². The van der Waals surface area contributed by atoms with Crippen molar-refractivity contribution in [2.75, 3.05) is 30.0 Å². The summed E-state index contributed by atoms with van der Waals surface area (Å²) in [7, 11) is 1.85. The number of esters is 2. The van der Waals surface area contributed by atoms with Gasteiger partial charge in [0.15, 0.2) is 4.80 Å². The van der Waals surface area contributed by atoms with E-state index in [1.54, 1.807) is 20.8 Å². The van der Waals surface area contributed by atoms with Gasteiger partial charge in [0.1, 0.15) is 9.88 Å². The molecule has 0 saturated carbocycles. The quantitative estimate of drug-likeness (QED) is 0.415. The zero-order valence-electron chi connectivity index (χ0n) is 19.7. The molecule has 0 atom stereocenters. The van der Waals surface area contributed by atoms with Crippen LogP contribution in [0.3, 0.4) is 0 Å². The Balaban J connectivity index is 1.66. The molecule has 0 aliphatic heterocycles. The van der Waals surface area contributed by atoms with Crippen molar-refractivity contribution in [3.05, 3.63) is 45.1 Å². The van der Waals surface area contributed by atoms with E-state index in [0.717, 1.165) is 33.3 Å². The van der Waals surface area contributed by atoms with Crippen LogP contribution in [0.4, 0.5) is 5.00 Å². The number of para-hydroxylation sites is 1. The van der Waals surface area contributed by atoms with Crippen molar-refractivity contribution >= 4 is 73.4 Å². The van der Waals surface area contributed by atoms with E-state index >= 15 is 0 Å². The van der Waals surface area contributed by atoms with Gasteiger partial charge in [-0.2, -0.15) is 4.99 Å². The van der Waals surface area contributed by atoms with Crippen LogP contribution >= 0.6 is 34.4 Å². The van der Waals surface area contributed by atoms with Crippen molar-refractivity contribution < 1.29 is 28.7 Å². The number of nitrogens with zero attached hydrogens (tertiary/aromatic N) is 2. The van der Waals surface area contributed by atoms with Gasteiger partial charge in [-0.3, -0.25) is 9.59 Å². The standard InChI is InChI=1S/C23H25N3O6S3/c1-5-31-21(29)18-13(3)19(22(30)32-6-2)35-20(18)24-16(27)11-33-12-17(28)25-23-26(4)14-9-7-8-10-15(14)34-23/h7-10H,5-6,11-12H2,1-4H3,(H,24,27). The number of fused-ring (bicyclic) bond motifs is 1. The molecule has 2 heterocycles. The molecule has 0 spiro atoms. The summed E-state index contributed by atoms with van der Waals surface area (Å²) in [4.78, 5) is 54.5. The van der Waals surface area contributed by atoms with E-state index in [1.807, 2.05) is 35.9 Å². The summed E-state index contributed by atoms with van der Waals surface area (Å²) in [6, 6.07) is 7.77. The molecule has 0 radical (unpaired) electrons. The van der Waals surface area contributed by atoms with Gasteiger partial charge in [-0.1, -0.05) is 23.5 Å². The molecular formula is C23H25N3O6S3. The summed E-state index contributed by atoms with van der Waals surface area (Å²) in [6.07, 6.45) is 0. The van der Waals surface area contributed by atoms with Crippen LogP contribution in [0.2, 0.25) is 0 Å². The molecule has 2 aromatic heterocycles. The molecule has 0 bridgehead atoms. The Morgan fingerprint density at radius 1 is 1.03 bits per heavy atom. The molecule has 0 unspecified atom stereocenters. The highest BCUT2D eigenvalue weighted by atomic mass is 32.2. The molecule has 2 amide bonds. The third-order valence-corrected chi connectivity index (χ3v) is 7.95. The zero-order valence-corrected chi connectivity index (χ0v) is 22.2. The lowest BCUT2D eigenvalue weighted by Crippen LogP contribution is -2.18. The number of thiazole rings is 1. The first-order chi connectivity index (χ1) is 16.8. The molecule has 1 N–H and O–H groups in total. The molecule has 186 valence electrons. The van der Waals surface area contributed by atoms with Gasteiger partial charge in [-0.25, -0.2) is 9.59 Å². The van der Waals surface area contributed by atoms with Crippen molar-refractivity contribution in [2.45, 2.75) is 20.8 Å².